The molecule has 4 nitrogen and oxygen atoms in total. The van der Waals surface area contributed by atoms with Gasteiger partial charge in [0.15, 0.2) is 0 Å². The average molecular weight is 195 g/mol. The Morgan fingerprint density at radius 1 is 1.64 bits per heavy atom. The number of nitrogens with zero attached hydrogens (tertiary/aromatic N) is 1. The van der Waals surface area contributed by atoms with Crippen molar-refractivity contribution >= 4 is 0 Å². The molecule has 2 rings (SSSR count). The minimum absolute atomic E-state index is 0.348. The van der Waals surface area contributed by atoms with E-state index in [2.05, 4.69) is 22.4 Å². The Morgan fingerprint density at radius 3 is 3.00 bits per heavy atom. The third kappa shape index (κ3) is 1.96. The van der Waals surface area contributed by atoms with Crippen LogP contribution in [0.2, 0.25) is 0 Å². The van der Waals surface area contributed by atoms with Gasteiger partial charge in [-0.2, -0.15) is 5.10 Å². The Morgan fingerprint density at radius 2 is 2.43 bits per heavy atom. The van der Waals surface area contributed by atoms with Crippen LogP contribution >= 0.6 is 0 Å². The summed E-state index contributed by atoms with van der Waals surface area (Å²) in [5, 5.41) is 10.4. The standard InChI is InChI=1S/C10H17N3O/c1-7(10-3-4-11-13-10)12-8-5-9(6-8)14-2/h3-4,7-9,12H,5-6H2,1-2H3,(H,11,13). The van der Waals surface area contributed by atoms with E-state index in [4.69, 9.17) is 4.74 Å². The lowest BCUT2D eigenvalue weighted by Gasteiger charge is -2.36. The molecule has 0 radical (unpaired) electrons. The summed E-state index contributed by atoms with van der Waals surface area (Å²) in [7, 11) is 1.78. The molecule has 14 heavy (non-hydrogen) atoms. The molecule has 0 aromatic carbocycles. The number of aromatic amines is 1. The summed E-state index contributed by atoms with van der Waals surface area (Å²) in [6.45, 7) is 2.15. The first-order chi connectivity index (χ1) is 6.79. The van der Waals surface area contributed by atoms with Gasteiger partial charge in [0.2, 0.25) is 0 Å². The summed E-state index contributed by atoms with van der Waals surface area (Å²) in [5.74, 6) is 0. The van der Waals surface area contributed by atoms with E-state index in [9.17, 15) is 0 Å². The predicted octanol–water partition coefficient (Wildman–Crippen LogP) is 1.24. The summed E-state index contributed by atoms with van der Waals surface area (Å²) < 4.78 is 5.23. The van der Waals surface area contributed by atoms with Gasteiger partial charge in [-0.25, -0.2) is 0 Å². The molecule has 1 heterocycles. The summed E-state index contributed by atoms with van der Waals surface area (Å²) in [4.78, 5) is 0. The highest BCUT2D eigenvalue weighted by Crippen LogP contribution is 2.24. The molecular weight excluding hydrogens is 178 g/mol. The van der Waals surface area contributed by atoms with Gasteiger partial charge in [-0.05, 0) is 25.8 Å². The number of hydrogen-bond acceptors (Lipinski definition) is 3. The molecule has 1 fully saturated rings. The summed E-state index contributed by atoms with van der Waals surface area (Å²) in [5.41, 5.74) is 1.14. The molecule has 4 heteroatoms. The molecule has 1 aliphatic carbocycles. The van der Waals surface area contributed by atoms with E-state index >= 15 is 0 Å². The molecule has 0 saturated heterocycles. The molecule has 1 aromatic heterocycles. The zero-order chi connectivity index (χ0) is 9.97. The van der Waals surface area contributed by atoms with Gasteiger partial charge in [0, 0.05) is 25.4 Å². The van der Waals surface area contributed by atoms with Gasteiger partial charge in [-0.15, -0.1) is 0 Å². The van der Waals surface area contributed by atoms with Crippen LogP contribution in [0.15, 0.2) is 12.3 Å². The molecule has 0 spiro atoms. The fraction of sp³-hybridized carbons (Fsp3) is 0.700. The second-order valence-corrected chi connectivity index (χ2v) is 3.93. The van der Waals surface area contributed by atoms with Crippen LogP contribution in [0.3, 0.4) is 0 Å². The zero-order valence-electron chi connectivity index (χ0n) is 8.66. The highest BCUT2D eigenvalue weighted by Gasteiger charge is 2.29. The van der Waals surface area contributed by atoms with Crippen LogP contribution in [0.25, 0.3) is 0 Å². The molecule has 0 aliphatic heterocycles. The third-order valence-corrected chi connectivity index (χ3v) is 2.90. The highest BCUT2D eigenvalue weighted by atomic mass is 16.5. The Balaban J connectivity index is 1.77. The third-order valence-electron chi connectivity index (χ3n) is 2.90. The lowest BCUT2D eigenvalue weighted by Crippen LogP contribution is -2.45. The molecule has 2 N–H and O–H groups in total. The van der Waals surface area contributed by atoms with Crippen molar-refractivity contribution in [3.63, 3.8) is 0 Å². The molecule has 1 saturated carbocycles. The molecule has 0 bridgehead atoms. The first-order valence-corrected chi connectivity index (χ1v) is 5.07. The Kier molecular flexibility index (Phi) is 2.84. The van der Waals surface area contributed by atoms with Crippen LogP contribution in [-0.4, -0.2) is 29.5 Å². The van der Waals surface area contributed by atoms with E-state index in [1.54, 1.807) is 13.3 Å². The van der Waals surface area contributed by atoms with Gasteiger partial charge in [0.05, 0.1) is 11.8 Å². The van der Waals surface area contributed by atoms with Gasteiger partial charge < -0.3 is 10.1 Å². The molecular formula is C10H17N3O. The fourth-order valence-electron chi connectivity index (χ4n) is 1.85. The average Bonchev–Trinajstić information content (AvgIpc) is 2.62. The van der Waals surface area contributed by atoms with Crippen LogP contribution < -0.4 is 5.32 Å². The summed E-state index contributed by atoms with van der Waals surface area (Å²) >= 11 is 0. The maximum absolute atomic E-state index is 5.23. The second-order valence-electron chi connectivity index (χ2n) is 3.93. The SMILES string of the molecule is COC1CC(NC(C)c2ccn[nH]2)C1. The molecule has 78 valence electrons. The van der Waals surface area contributed by atoms with Gasteiger partial charge in [0.1, 0.15) is 0 Å². The number of rotatable bonds is 4. The maximum Gasteiger partial charge on any atom is 0.0601 e. The van der Waals surface area contributed by atoms with Crippen LogP contribution in [0.5, 0.6) is 0 Å². The van der Waals surface area contributed by atoms with Crippen LogP contribution in [0.4, 0.5) is 0 Å². The lowest BCUT2D eigenvalue weighted by molar-refractivity contribution is 0.0146. The molecule has 1 aromatic rings. The smallest absolute Gasteiger partial charge is 0.0601 e. The number of nitrogens with one attached hydrogen (secondary N) is 2. The van der Waals surface area contributed by atoms with E-state index in [0.29, 0.717) is 18.2 Å². The van der Waals surface area contributed by atoms with E-state index in [0.717, 1.165) is 18.5 Å². The van der Waals surface area contributed by atoms with Crippen molar-refractivity contribution in [1.29, 1.82) is 0 Å². The first-order valence-electron chi connectivity index (χ1n) is 5.07. The topological polar surface area (TPSA) is 49.9 Å². The monoisotopic (exact) mass is 195 g/mol. The van der Waals surface area contributed by atoms with Crippen LogP contribution in [-0.2, 0) is 4.74 Å². The molecule has 1 aliphatic rings. The number of H-pyrrole nitrogens is 1. The van der Waals surface area contributed by atoms with E-state index in [1.165, 1.54) is 0 Å². The number of ether oxygens (including phenoxy) is 1. The lowest BCUT2D eigenvalue weighted by atomic mass is 9.88. The Labute approximate surface area is 84.0 Å². The van der Waals surface area contributed by atoms with E-state index in [-0.39, 0.29) is 0 Å². The van der Waals surface area contributed by atoms with Gasteiger partial charge in [-0.1, -0.05) is 0 Å². The maximum atomic E-state index is 5.23. The Bertz CT molecular complexity index is 267. The number of aromatic nitrogens is 2. The van der Waals surface area contributed by atoms with Crippen molar-refractivity contribution in [3.8, 4) is 0 Å². The van der Waals surface area contributed by atoms with Crippen molar-refractivity contribution in [3.05, 3.63) is 18.0 Å². The fourth-order valence-corrected chi connectivity index (χ4v) is 1.85. The van der Waals surface area contributed by atoms with Crippen LogP contribution in [0.1, 0.15) is 31.5 Å². The van der Waals surface area contributed by atoms with E-state index < -0.39 is 0 Å². The summed E-state index contributed by atoms with van der Waals surface area (Å²) in [6, 6.07) is 2.95. The van der Waals surface area contributed by atoms with Gasteiger partial charge >= 0.3 is 0 Å². The van der Waals surface area contributed by atoms with Crippen molar-refractivity contribution < 1.29 is 4.74 Å². The van der Waals surface area contributed by atoms with Crippen molar-refractivity contribution in [1.82, 2.24) is 15.5 Å². The normalized spacial score (nSPS) is 28.4. The number of hydrogen-bond donors (Lipinski definition) is 2. The largest absolute Gasteiger partial charge is 0.381 e. The predicted molar refractivity (Wildman–Crippen MR) is 54.0 cm³/mol. The quantitative estimate of drug-likeness (QED) is 0.760. The number of methoxy groups -OCH3 is 1. The molecule has 1 unspecified atom stereocenters. The molecule has 1 atom stereocenters. The minimum atomic E-state index is 0.348. The van der Waals surface area contributed by atoms with Crippen molar-refractivity contribution in [2.45, 2.75) is 38.0 Å². The summed E-state index contributed by atoms with van der Waals surface area (Å²) in [6.07, 6.45) is 4.48. The van der Waals surface area contributed by atoms with Gasteiger partial charge in [0.25, 0.3) is 0 Å². The second kappa shape index (κ2) is 4.11. The first kappa shape index (κ1) is 9.68. The zero-order valence-corrected chi connectivity index (χ0v) is 8.66. The minimum Gasteiger partial charge on any atom is -0.381 e. The van der Waals surface area contributed by atoms with Crippen molar-refractivity contribution in [2.75, 3.05) is 7.11 Å². The van der Waals surface area contributed by atoms with Crippen molar-refractivity contribution in [2.24, 2.45) is 0 Å². The molecule has 0 amide bonds. The Hall–Kier alpha value is -0.870. The van der Waals surface area contributed by atoms with Crippen LogP contribution in [0, 0.1) is 0 Å². The van der Waals surface area contributed by atoms with E-state index in [1.807, 2.05) is 6.07 Å². The van der Waals surface area contributed by atoms with Gasteiger partial charge in [-0.3, -0.25) is 5.10 Å². The highest BCUT2D eigenvalue weighted by molar-refractivity contribution is 5.04.